The molecule has 2 aromatic rings. The number of carbonyl (C=O) groups is 1. The second-order valence-electron chi connectivity index (χ2n) is 6.62. The highest BCUT2D eigenvalue weighted by molar-refractivity contribution is 7.89. The topological polar surface area (TPSA) is 75.7 Å². The van der Waals surface area contributed by atoms with Crippen molar-refractivity contribution >= 4 is 15.9 Å². The summed E-state index contributed by atoms with van der Waals surface area (Å²) in [6.07, 6.45) is 1.82. The number of hydrogen-bond acceptors (Lipinski definition) is 4. The van der Waals surface area contributed by atoms with Crippen LogP contribution >= 0.6 is 0 Å². The number of benzene rings is 2. The van der Waals surface area contributed by atoms with Crippen molar-refractivity contribution in [2.24, 2.45) is 0 Å². The van der Waals surface area contributed by atoms with Gasteiger partial charge in [-0.2, -0.15) is 4.31 Å². The van der Waals surface area contributed by atoms with Crippen molar-refractivity contribution in [3.8, 4) is 5.75 Å². The van der Waals surface area contributed by atoms with Crippen LogP contribution in [0.3, 0.4) is 0 Å². The first-order chi connectivity index (χ1) is 12.9. The molecule has 1 saturated heterocycles. The molecule has 1 aliphatic rings. The van der Waals surface area contributed by atoms with Crippen LogP contribution in [0, 0.1) is 6.92 Å². The van der Waals surface area contributed by atoms with Gasteiger partial charge in [0, 0.05) is 25.2 Å². The number of ether oxygens (including phenoxy) is 1. The molecule has 0 bridgehead atoms. The fourth-order valence-corrected chi connectivity index (χ4v) is 4.68. The summed E-state index contributed by atoms with van der Waals surface area (Å²) in [7, 11) is -1.81. The van der Waals surface area contributed by atoms with Gasteiger partial charge in [-0.25, -0.2) is 8.42 Å². The van der Waals surface area contributed by atoms with Crippen molar-refractivity contribution in [2.75, 3.05) is 20.2 Å². The Labute approximate surface area is 160 Å². The van der Waals surface area contributed by atoms with Gasteiger partial charge in [0.05, 0.1) is 12.0 Å². The van der Waals surface area contributed by atoms with Gasteiger partial charge in [0.2, 0.25) is 10.0 Å². The highest BCUT2D eigenvalue weighted by atomic mass is 32.2. The minimum absolute atomic E-state index is 0.186. The molecule has 1 heterocycles. The largest absolute Gasteiger partial charge is 0.496 e. The van der Waals surface area contributed by atoms with E-state index in [-0.39, 0.29) is 5.91 Å². The third-order valence-corrected chi connectivity index (χ3v) is 6.65. The summed E-state index contributed by atoms with van der Waals surface area (Å²) in [6.45, 7) is 3.38. The van der Waals surface area contributed by atoms with E-state index in [1.165, 1.54) is 4.31 Å². The molecule has 0 radical (unpaired) electrons. The molecule has 2 aromatic carbocycles. The third-order valence-electron chi connectivity index (χ3n) is 4.74. The number of sulfonamides is 1. The van der Waals surface area contributed by atoms with Crippen LogP contribution in [0.15, 0.2) is 47.4 Å². The maximum atomic E-state index is 12.5. The van der Waals surface area contributed by atoms with Crippen LogP contribution in [0.5, 0.6) is 5.75 Å². The number of nitrogens with zero attached hydrogens (tertiary/aromatic N) is 1. The van der Waals surface area contributed by atoms with Gasteiger partial charge in [-0.05, 0) is 61.2 Å². The molecule has 1 N–H and O–H groups in total. The van der Waals surface area contributed by atoms with E-state index in [9.17, 15) is 13.2 Å². The number of aryl methyl sites for hydroxylation is 1. The summed E-state index contributed by atoms with van der Waals surface area (Å²) in [5, 5.41) is 2.85. The Kier molecular flexibility index (Phi) is 5.82. The molecule has 0 aromatic heterocycles. The summed E-state index contributed by atoms with van der Waals surface area (Å²) >= 11 is 0. The molecule has 6 nitrogen and oxygen atoms in total. The number of methoxy groups -OCH3 is 1. The Balaban J connectivity index is 1.63. The van der Waals surface area contributed by atoms with Crippen molar-refractivity contribution in [3.05, 3.63) is 59.2 Å². The molecule has 3 rings (SSSR count). The van der Waals surface area contributed by atoms with Crippen LogP contribution in [0.1, 0.15) is 34.3 Å². The molecule has 1 amide bonds. The fourth-order valence-electron chi connectivity index (χ4n) is 3.16. The molecule has 0 atom stereocenters. The Morgan fingerprint density at radius 2 is 1.78 bits per heavy atom. The van der Waals surface area contributed by atoms with Gasteiger partial charge in [-0.15, -0.1) is 0 Å². The van der Waals surface area contributed by atoms with Crippen LogP contribution in [0.2, 0.25) is 0 Å². The molecule has 1 aliphatic heterocycles. The number of nitrogens with one attached hydrogen (secondary N) is 1. The zero-order valence-electron chi connectivity index (χ0n) is 15.6. The molecule has 0 unspecified atom stereocenters. The van der Waals surface area contributed by atoms with E-state index in [1.807, 2.05) is 6.92 Å². The lowest BCUT2D eigenvalue weighted by atomic mass is 10.1. The van der Waals surface area contributed by atoms with E-state index in [4.69, 9.17) is 4.74 Å². The predicted molar refractivity (Wildman–Crippen MR) is 103 cm³/mol. The molecular weight excluding hydrogens is 364 g/mol. The molecule has 27 heavy (non-hydrogen) atoms. The van der Waals surface area contributed by atoms with Gasteiger partial charge >= 0.3 is 0 Å². The molecule has 144 valence electrons. The average Bonchev–Trinajstić information content (AvgIpc) is 3.22. The van der Waals surface area contributed by atoms with Crippen molar-refractivity contribution in [1.82, 2.24) is 9.62 Å². The molecule has 0 spiro atoms. The monoisotopic (exact) mass is 388 g/mol. The van der Waals surface area contributed by atoms with E-state index in [1.54, 1.807) is 49.6 Å². The van der Waals surface area contributed by atoms with Gasteiger partial charge < -0.3 is 10.1 Å². The molecule has 1 fully saturated rings. The van der Waals surface area contributed by atoms with Crippen molar-refractivity contribution in [3.63, 3.8) is 0 Å². The van der Waals surface area contributed by atoms with Gasteiger partial charge in [0.25, 0.3) is 5.91 Å². The van der Waals surface area contributed by atoms with Crippen molar-refractivity contribution < 1.29 is 17.9 Å². The predicted octanol–water partition coefficient (Wildman–Crippen LogP) is 2.72. The second-order valence-corrected chi connectivity index (χ2v) is 8.56. The Morgan fingerprint density at radius 3 is 2.37 bits per heavy atom. The van der Waals surface area contributed by atoms with Gasteiger partial charge in [0.1, 0.15) is 5.75 Å². The van der Waals surface area contributed by atoms with Crippen LogP contribution in [-0.4, -0.2) is 38.8 Å². The fraction of sp³-hybridized carbons (Fsp3) is 0.350. The van der Waals surface area contributed by atoms with E-state index < -0.39 is 10.0 Å². The molecule has 0 aliphatic carbocycles. The van der Waals surface area contributed by atoms with Gasteiger partial charge in [-0.3, -0.25) is 4.79 Å². The lowest BCUT2D eigenvalue weighted by molar-refractivity contribution is 0.0950. The summed E-state index contributed by atoms with van der Waals surface area (Å²) in [6, 6.07) is 11.9. The summed E-state index contributed by atoms with van der Waals surface area (Å²) in [4.78, 5) is 12.6. The highest BCUT2D eigenvalue weighted by Gasteiger charge is 2.26. The van der Waals surface area contributed by atoms with Crippen LogP contribution in [0.4, 0.5) is 0 Å². The molecule has 7 heteroatoms. The third kappa shape index (κ3) is 4.31. The normalized spacial score (nSPS) is 14.9. The highest BCUT2D eigenvalue weighted by Crippen LogP contribution is 2.21. The van der Waals surface area contributed by atoms with E-state index in [0.29, 0.717) is 30.1 Å². The van der Waals surface area contributed by atoms with E-state index in [0.717, 1.165) is 29.7 Å². The number of rotatable bonds is 6. The van der Waals surface area contributed by atoms with Crippen LogP contribution in [-0.2, 0) is 16.6 Å². The number of amides is 1. The summed E-state index contributed by atoms with van der Waals surface area (Å²) in [5.41, 5.74) is 2.29. The van der Waals surface area contributed by atoms with Crippen molar-refractivity contribution in [2.45, 2.75) is 31.2 Å². The lowest BCUT2D eigenvalue weighted by Gasteiger charge is -2.15. The SMILES string of the molecule is COc1ccc(C(=O)NCc2ccc(S(=O)(=O)N3CCCC3)cc2)cc1C. The number of hydrogen-bond donors (Lipinski definition) is 1. The van der Waals surface area contributed by atoms with Crippen LogP contribution < -0.4 is 10.1 Å². The summed E-state index contributed by atoms with van der Waals surface area (Å²) in [5.74, 6) is 0.552. The number of carbonyl (C=O) groups excluding carboxylic acids is 1. The second kappa shape index (κ2) is 8.10. The molecule has 0 saturated carbocycles. The van der Waals surface area contributed by atoms with Gasteiger partial charge in [0.15, 0.2) is 0 Å². The van der Waals surface area contributed by atoms with E-state index in [2.05, 4.69) is 5.32 Å². The molecular formula is C20H24N2O4S. The lowest BCUT2D eigenvalue weighted by Crippen LogP contribution is -2.28. The maximum absolute atomic E-state index is 12.5. The quantitative estimate of drug-likeness (QED) is 0.826. The minimum Gasteiger partial charge on any atom is -0.496 e. The van der Waals surface area contributed by atoms with Gasteiger partial charge in [-0.1, -0.05) is 12.1 Å². The average molecular weight is 388 g/mol. The Bertz CT molecular complexity index is 917. The maximum Gasteiger partial charge on any atom is 0.251 e. The minimum atomic E-state index is -3.41. The smallest absolute Gasteiger partial charge is 0.251 e. The first-order valence-electron chi connectivity index (χ1n) is 8.94. The standard InChI is InChI=1S/C20H24N2O4S/c1-15-13-17(7-10-19(15)26-2)20(23)21-14-16-5-8-18(9-6-16)27(24,25)22-11-3-4-12-22/h5-10,13H,3-4,11-12,14H2,1-2H3,(H,21,23). The first-order valence-corrected chi connectivity index (χ1v) is 10.4. The summed E-state index contributed by atoms with van der Waals surface area (Å²) < 4.78 is 31.8. The first kappa shape index (κ1) is 19.4. The Hall–Kier alpha value is -2.38. The Morgan fingerprint density at radius 1 is 1.11 bits per heavy atom. The van der Waals surface area contributed by atoms with Crippen molar-refractivity contribution in [1.29, 1.82) is 0 Å². The van der Waals surface area contributed by atoms with Crippen LogP contribution in [0.25, 0.3) is 0 Å². The zero-order chi connectivity index (χ0) is 19.4. The zero-order valence-corrected chi connectivity index (χ0v) is 16.4. The van der Waals surface area contributed by atoms with E-state index >= 15 is 0 Å².